The molecule has 0 atom stereocenters. The lowest BCUT2D eigenvalue weighted by Gasteiger charge is -2.26. The largest absolute Gasteiger partial charge is 0.393 e. The maximum absolute atomic E-state index is 9.57. The van der Waals surface area contributed by atoms with Gasteiger partial charge in [0.2, 0.25) is 17.8 Å². The quantitative estimate of drug-likeness (QED) is 0.732. The third-order valence-electron chi connectivity index (χ3n) is 3.59. The number of rotatable bonds is 6. The number of aliphatic hydroxyl groups is 1. The molecular weight excluding hydrogens is 268 g/mol. The Hall–Kier alpha value is -1.63. The molecule has 3 N–H and O–H groups in total. The molecule has 1 aliphatic carbocycles. The molecule has 1 aromatic rings. The van der Waals surface area contributed by atoms with Crippen molar-refractivity contribution in [1.82, 2.24) is 15.0 Å². The van der Waals surface area contributed by atoms with Crippen LogP contribution in [0.2, 0.25) is 0 Å². The van der Waals surface area contributed by atoms with E-state index >= 15 is 0 Å². The van der Waals surface area contributed by atoms with Crippen LogP contribution in [0.3, 0.4) is 0 Å². The van der Waals surface area contributed by atoms with Gasteiger partial charge in [0.25, 0.3) is 0 Å². The van der Waals surface area contributed by atoms with Crippen LogP contribution in [0, 0.1) is 0 Å². The van der Waals surface area contributed by atoms with Crippen LogP contribution < -0.4 is 15.5 Å². The van der Waals surface area contributed by atoms with Crippen molar-refractivity contribution < 1.29 is 5.11 Å². The smallest absolute Gasteiger partial charge is 0.231 e. The van der Waals surface area contributed by atoms with E-state index in [2.05, 4.69) is 32.5 Å². The van der Waals surface area contributed by atoms with Crippen molar-refractivity contribution in [2.75, 3.05) is 36.2 Å². The maximum Gasteiger partial charge on any atom is 0.231 e. The minimum atomic E-state index is -0.152. The van der Waals surface area contributed by atoms with E-state index in [1.54, 1.807) is 0 Å². The summed E-state index contributed by atoms with van der Waals surface area (Å²) in [6, 6.07) is 0.324. The number of hydrogen-bond acceptors (Lipinski definition) is 7. The SMILES string of the molecule is CCCNc1nc(NC2CCC(O)CC2)nc(N(C)C)n1. The predicted molar refractivity (Wildman–Crippen MR) is 84.8 cm³/mol. The van der Waals surface area contributed by atoms with Gasteiger partial charge in [-0.3, -0.25) is 0 Å². The minimum absolute atomic E-state index is 0.152. The molecule has 0 aliphatic heterocycles. The van der Waals surface area contributed by atoms with Crippen LogP contribution in [0.25, 0.3) is 0 Å². The standard InChI is InChI=1S/C14H26N6O/c1-4-9-15-12-17-13(19-14(18-12)20(2)3)16-10-5-7-11(21)8-6-10/h10-11,21H,4-9H2,1-3H3,(H2,15,16,17,18,19). The van der Waals surface area contributed by atoms with Crippen molar-refractivity contribution in [3.63, 3.8) is 0 Å². The average Bonchev–Trinajstić information content (AvgIpc) is 2.47. The van der Waals surface area contributed by atoms with Crippen LogP contribution in [0.15, 0.2) is 0 Å². The summed E-state index contributed by atoms with van der Waals surface area (Å²) in [5, 5.41) is 16.1. The van der Waals surface area contributed by atoms with Gasteiger partial charge in [0.05, 0.1) is 6.10 Å². The van der Waals surface area contributed by atoms with E-state index < -0.39 is 0 Å². The van der Waals surface area contributed by atoms with Crippen LogP contribution in [0.1, 0.15) is 39.0 Å². The molecule has 1 aromatic heterocycles. The van der Waals surface area contributed by atoms with E-state index in [4.69, 9.17) is 0 Å². The molecule has 1 saturated carbocycles. The predicted octanol–water partition coefficient (Wildman–Crippen LogP) is 1.47. The Labute approximate surface area is 126 Å². The van der Waals surface area contributed by atoms with Crippen molar-refractivity contribution in [2.24, 2.45) is 0 Å². The monoisotopic (exact) mass is 294 g/mol. The zero-order chi connectivity index (χ0) is 15.2. The highest BCUT2D eigenvalue weighted by atomic mass is 16.3. The zero-order valence-corrected chi connectivity index (χ0v) is 13.1. The molecule has 1 fully saturated rings. The van der Waals surface area contributed by atoms with E-state index in [-0.39, 0.29) is 6.10 Å². The Morgan fingerprint density at radius 1 is 1.10 bits per heavy atom. The highest BCUT2D eigenvalue weighted by molar-refractivity contribution is 5.43. The first kappa shape index (κ1) is 15.8. The van der Waals surface area contributed by atoms with Crippen LogP contribution >= 0.6 is 0 Å². The van der Waals surface area contributed by atoms with E-state index in [9.17, 15) is 5.11 Å². The van der Waals surface area contributed by atoms with E-state index in [1.165, 1.54) is 0 Å². The first-order chi connectivity index (χ1) is 10.1. The number of hydrogen-bond donors (Lipinski definition) is 3. The number of nitrogens with zero attached hydrogens (tertiary/aromatic N) is 4. The number of aliphatic hydroxyl groups excluding tert-OH is 1. The Morgan fingerprint density at radius 3 is 2.38 bits per heavy atom. The third kappa shape index (κ3) is 4.70. The summed E-state index contributed by atoms with van der Waals surface area (Å²) in [4.78, 5) is 15.1. The first-order valence-corrected chi connectivity index (χ1v) is 7.70. The lowest BCUT2D eigenvalue weighted by Crippen LogP contribution is -2.29. The van der Waals surface area contributed by atoms with Gasteiger partial charge in [-0.05, 0) is 32.1 Å². The van der Waals surface area contributed by atoms with Crippen molar-refractivity contribution in [3.05, 3.63) is 0 Å². The molecule has 0 radical (unpaired) electrons. The van der Waals surface area contributed by atoms with Gasteiger partial charge in [-0.15, -0.1) is 0 Å². The van der Waals surface area contributed by atoms with Gasteiger partial charge < -0.3 is 20.6 Å². The Kier molecular flexibility index (Phi) is 5.55. The molecule has 7 heteroatoms. The molecule has 0 saturated heterocycles. The summed E-state index contributed by atoms with van der Waals surface area (Å²) < 4.78 is 0. The molecule has 7 nitrogen and oxygen atoms in total. The molecule has 0 aromatic carbocycles. The van der Waals surface area contributed by atoms with Crippen molar-refractivity contribution >= 4 is 17.8 Å². The van der Waals surface area contributed by atoms with Crippen LogP contribution in [0.4, 0.5) is 17.8 Å². The lowest BCUT2D eigenvalue weighted by molar-refractivity contribution is 0.126. The fourth-order valence-electron chi connectivity index (χ4n) is 2.35. The maximum atomic E-state index is 9.57. The van der Waals surface area contributed by atoms with Gasteiger partial charge in [0.1, 0.15) is 0 Å². The molecule has 0 bridgehead atoms. The van der Waals surface area contributed by atoms with Gasteiger partial charge in [-0.2, -0.15) is 15.0 Å². The summed E-state index contributed by atoms with van der Waals surface area (Å²) in [7, 11) is 3.83. The average molecular weight is 294 g/mol. The van der Waals surface area contributed by atoms with Gasteiger partial charge in [-0.1, -0.05) is 6.92 Å². The van der Waals surface area contributed by atoms with Gasteiger partial charge in [-0.25, -0.2) is 0 Å². The van der Waals surface area contributed by atoms with Crippen LogP contribution in [-0.4, -0.2) is 52.8 Å². The third-order valence-corrected chi connectivity index (χ3v) is 3.59. The zero-order valence-electron chi connectivity index (χ0n) is 13.1. The number of anilines is 3. The van der Waals surface area contributed by atoms with Crippen LogP contribution in [0.5, 0.6) is 0 Å². The van der Waals surface area contributed by atoms with Crippen molar-refractivity contribution in [1.29, 1.82) is 0 Å². The topological polar surface area (TPSA) is 86.2 Å². The number of nitrogens with one attached hydrogen (secondary N) is 2. The second kappa shape index (κ2) is 7.40. The number of aromatic nitrogens is 3. The fraction of sp³-hybridized carbons (Fsp3) is 0.786. The summed E-state index contributed by atoms with van der Waals surface area (Å²) in [5.74, 6) is 1.85. The fourth-order valence-corrected chi connectivity index (χ4v) is 2.35. The van der Waals surface area contributed by atoms with Gasteiger partial charge in [0, 0.05) is 26.7 Å². The van der Waals surface area contributed by atoms with Crippen molar-refractivity contribution in [2.45, 2.75) is 51.2 Å². The molecule has 21 heavy (non-hydrogen) atoms. The summed E-state index contributed by atoms with van der Waals surface area (Å²) >= 11 is 0. The normalized spacial score (nSPS) is 21.9. The van der Waals surface area contributed by atoms with Crippen LogP contribution in [-0.2, 0) is 0 Å². The molecule has 1 heterocycles. The lowest BCUT2D eigenvalue weighted by atomic mass is 9.93. The van der Waals surface area contributed by atoms with Gasteiger partial charge in [0.15, 0.2) is 0 Å². The van der Waals surface area contributed by atoms with E-state index in [1.807, 2.05) is 19.0 Å². The molecule has 0 spiro atoms. The second-order valence-electron chi connectivity index (χ2n) is 5.75. The summed E-state index contributed by atoms with van der Waals surface area (Å²) in [6.45, 7) is 2.94. The minimum Gasteiger partial charge on any atom is -0.393 e. The molecule has 0 amide bonds. The molecule has 2 rings (SSSR count). The summed E-state index contributed by atoms with van der Waals surface area (Å²) in [5.41, 5.74) is 0. The van der Waals surface area contributed by atoms with Gasteiger partial charge >= 0.3 is 0 Å². The molecule has 1 aliphatic rings. The van der Waals surface area contributed by atoms with E-state index in [0.29, 0.717) is 23.9 Å². The first-order valence-electron chi connectivity index (χ1n) is 7.70. The van der Waals surface area contributed by atoms with E-state index in [0.717, 1.165) is 38.6 Å². The summed E-state index contributed by atoms with van der Waals surface area (Å²) in [6.07, 6.45) is 4.44. The Bertz CT molecular complexity index is 445. The highest BCUT2D eigenvalue weighted by Gasteiger charge is 2.20. The Morgan fingerprint density at radius 2 is 1.76 bits per heavy atom. The molecular formula is C14H26N6O. The molecule has 0 unspecified atom stereocenters. The van der Waals surface area contributed by atoms with Crippen molar-refractivity contribution in [3.8, 4) is 0 Å². The Balaban J connectivity index is 2.07. The highest BCUT2D eigenvalue weighted by Crippen LogP contribution is 2.21. The molecule has 118 valence electrons. The second-order valence-corrected chi connectivity index (χ2v) is 5.75.